The zero-order valence-corrected chi connectivity index (χ0v) is 11.3. The quantitative estimate of drug-likeness (QED) is 0.789. The minimum atomic E-state index is -0.0959. The van der Waals surface area contributed by atoms with Crippen molar-refractivity contribution in [3.63, 3.8) is 0 Å². The summed E-state index contributed by atoms with van der Waals surface area (Å²) in [5.41, 5.74) is 0. The third-order valence-corrected chi connectivity index (χ3v) is 4.82. The lowest BCUT2D eigenvalue weighted by molar-refractivity contribution is 0.0762. The van der Waals surface area contributed by atoms with E-state index in [4.69, 9.17) is 0 Å². The Morgan fingerprint density at radius 3 is 2.29 bits per heavy atom. The van der Waals surface area contributed by atoms with Gasteiger partial charge in [0.05, 0.1) is 6.10 Å². The molecule has 0 bridgehead atoms. The van der Waals surface area contributed by atoms with Crippen LogP contribution in [0.5, 0.6) is 0 Å². The van der Waals surface area contributed by atoms with Crippen molar-refractivity contribution in [3.05, 3.63) is 0 Å². The van der Waals surface area contributed by atoms with E-state index in [1.165, 1.54) is 57.8 Å². The lowest BCUT2D eigenvalue weighted by Crippen LogP contribution is -2.49. The van der Waals surface area contributed by atoms with E-state index in [-0.39, 0.29) is 6.10 Å². The second kappa shape index (κ2) is 6.75. The predicted molar refractivity (Wildman–Crippen MR) is 72.1 cm³/mol. The molecule has 0 aromatic heterocycles. The molecule has 0 aromatic rings. The van der Waals surface area contributed by atoms with Crippen LogP contribution in [-0.4, -0.2) is 23.3 Å². The Balaban J connectivity index is 1.84. The van der Waals surface area contributed by atoms with Crippen molar-refractivity contribution < 1.29 is 5.11 Å². The summed E-state index contributed by atoms with van der Waals surface area (Å²) >= 11 is 0. The molecule has 0 radical (unpaired) electrons. The Labute approximate surface area is 106 Å². The SMILES string of the molecule is CCC(N[C@@H]1CCCC[C@H]1O)C1CCCCC1. The minimum Gasteiger partial charge on any atom is -0.392 e. The van der Waals surface area contributed by atoms with Crippen molar-refractivity contribution >= 4 is 0 Å². The number of rotatable bonds is 4. The fourth-order valence-electron chi connectivity index (χ4n) is 3.70. The van der Waals surface area contributed by atoms with Gasteiger partial charge in [0.15, 0.2) is 0 Å². The molecule has 0 aliphatic heterocycles. The molecule has 2 fully saturated rings. The topological polar surface area (TPSA) is 32.3 Å². The molecule has 2 rings (SSSR count). The van der Waals surface area contributed by atoms with Crippen molar-refractivity contribution in [1.82, 2.24) is 5.32 Å². The number of aliphatic hydroxyl groups excluding tert-OH is 1. The molecule has 2 saturated carbocycles. The van der Waals surface area contributed by atoms with Gasteiger partial charge < -0.3 is 10.4 Å². The van der Waals surface area contributed by atoms with Crippen molar-refractivity contribution in [2.24, 2.45) is 5.92 Å². The molecule has 1 unspecified atom stereocenters. The molecule has 0 saturated heterocycles. The smallest absolute Gasteiger partial charge is 0.0693 e. The lowest BCUT2D eigenvalue weighted by atomic mass is 9.81. The molecule has 2 heteroatoms. The Morgan fingerprint density at radius 1 is 1.00 bits per heavy atom. The zero-order valence-electron chi connectivity index (χ0n) is 11.3. The summed E-state index contributed by atoms with van der Waals surface area (Å²) in [6.45, 7) is 2.29. The Hall–Kier alpha value is -0.0800. The molecule has 0 amide bonds. The third-order valence-electron chi connectivity index (χ3n) is 4.82. The molecule has 2 aliphatic rings. The van der Waals surface area contributed by atoms with E-state index in [0.717, 1.165) is 12.3 Å². The Bertz CT molecular complexity index is 213. The van der Waals surface area contributed by atoms with Gasteiger partial charge in [0.25, 0.3) is 0 Å². The standard InChI is InChI=1S/C15H29NO/c1-2-13(12-8-4-3-5-9-12)16-14-10-6-7-11-15(14)17/h12-17H,2-11H2,1H3/t13?,14-,15-/m1/s1. The monoisotopic (exact) mass is 239 g/mol. The number of aliphatic hydroxyl groups is 1. The van der Waals surface area contributed by atoms with Crippen LogP contribution in [0.1, 0.15) is 71.1 Å². The van der Waals surface area contributed by atoms with Crippen LogP contribution in [0.3, 0.4) is 0 Å². The van der Waals surface area contributed by atoms with E-state index in [2.05, 4.69) is 12.2 Å². The van der Waals surface area contributed by atoms with Crippen molar-refractivity contribution in [2.75, 3.05) is 0 Å². The average Bonchev–Trinajstić information content (AvgIpc) is 2.39. The van der Waals surface area contributed by atoms with Crippen LogP contribution < -0.4 is 5.32 Å². The van der Waals surface area contributed by atoms with Crippen LogP contribution in [-0.2, 0) is 0 Å². The van der Waals surface area contributed by atoms with Gasteiger partial charge >= 0.3 is 0 Å². The highest BCUT2D eigenvalue weighted by Crippen LogP contribution is 2.29. The second-order valence-electron chi connectivity index (χ2n) is 6.04. The second-order valence-corrected chi connectivity index (χ2v) is 6.04. The summed E-state index contributed by atoms with van der Waals surface area (Å²) in [4.78, 5) is 0. The maximum Gasteiger partial charge on any atom is 0.0693 e. The lowest BCUT2D eigenvalue weighted by Gasteiger charge is -2.37. The molecule has 0 aromatic carbocycles. The van der Waals surface area contributed by atoms with Crippen molar-refractivity contribution in [2.45, 2.75) is 89.3 Å². The van der Waals surface area contributed by atoms with Gasteiger partial charge in [0, 0.05) is 12.1 Å². The van der Waals surface area contributed by atoms with Gasteiger partial charge in [-0.2, -0.15) is 0 Å². The molecule has 100 valence electrons. The first kappa shape index (κ1) is 13.4. The van der Waals surface area contributed by atoms with E-state index >= 15 is 0 Å². The van der Waals surface area contributed by atoms with Gasteiger partial charge in [0.2, 0.25) is 0 Å². The average molecular weight is 239 g/mol. The van der Waals surface area contributed by atoms with Crippen molar-refractivity contribution in [3.8, 4) is 0 Å². The molecule has 2 nitrogen and oxygen atoms in total. The third kappa shape index (κ3) is 3.69. The summed E-state index contributed by atoms with van der Waals surface area (Å²) in [5.74, 6) is 0.864. The highest BCUT2D eigenvalue weighted by atomic mass is 16.3. The van der Waals surface area contributed by atoms with Crippen molar-refractivity contribution in [1.29, 1.82) is 0 Å². The van der Waals surface area contributed by atoms with Crippen LogP contribution >= 0.6 is 0 Å². The van der Waals surface area contributed by atoms with E-state index in [1.54, 1.807) is 0 Å². The summed E-state index contributed by atoms with van der Waals surface area (Å²) < 4.78 is 0. The maximum atomic E-state index is 10.0. The van der Waals surface area contributed by atoms with E-state index < -0.39 is 0 Å². The fraction of sp³-hybridized carbons (Fsp3) is 1.00. The van der Waals surface area contributed by atoms with Crippen LogP contribution in [0.15, 0.2) is 0 Å². The fourth-order valence-corrected chi connectivity index (χ4v) is 3.70. The van der Waals surface area contributed by atoms with Gasteiger partial charge in [-0.3, -0.25) is 0 Å². The van der Waals surface area contributed by atoms with Gasteiger partial charge in [-0.15, -0.1) is 0 Å². The van der Waals surface area contributed by atoms with Crippen LogP contribution in [0.2, 0.25) is 0 Å². The summed E-state index contributed by atoms with van der Waals surface area (Å²) in [5, 5.41) is 13.8. The van der Waals surface area contributed by atoms with Crippen LogP contribution in [0.4, 0.5) is 0 Å². The Kier molecular flexibility index (Phi) is 5.30. The molecule has 17 heavy (non-hydrogen) atoms. The largest absolute Gasteiger partial charge is 0.392 e. The van der Waals surface area contributed by atoms with E-state index in [9.17, 15) is 5.11 Å². The number of nitrogens with one attached hydrogen (secondary N) is 1. The highest BCUT2D eigenvalue weighted by Gasteiger charge is 2.28. The summed E-state index contributed by atoms with van der Waals surface area (Å²) in [6, 6.07) is 1.02. The van der Waals surface area contributed by atoms with Gasteiger partial charge in [-0.25, -0.2) is 0 Å². The summed E-state index contributed by atoms with van der Waals surface area (Å²) in [6.07, 6.45) is 12.8. The Morgan fingerprint density at radius 2 is 1.65 bits per heavy atom. The zero-order chi connectivity index (χ0) is 12.1. The van der Waals surface area contributed by atoms with E-state index in [0.29, 0.717) is 12.1 Å². The van der Waals surface area contributed by atoms with Gasteiger partial charge in [-0.1, -0.05) is 39.0 Å². The first-order valence-electron chi connectivity index (χ1n) is 7.75. The molecule has 3 atom stereocenters. The normalized spacial score (nSPS) is 33.5. The number of hydrogen-bond donors (Lipinski definition) is 2. The van der Waals surface area contributed by atoms with Gasteiger partial charge in [0.1, 0.15) is 0 Å². The highest BCUT2D eigenvalue weighted by molar-refractivity contribution is 4.86. The van der Waals surface area contributed by atoms with Crippen LogP contribution in [0.25, 0.3) is 0 Å². The molecular weight excluding hydrogens is 210 g/mol. The minimum absolute atomic E-state index is 0.0959. The summed E-state index contributed by atoms with van der Waals surface area (Å²) in [7, 11) is 0. The van der Waals surface area contributed by atoms with E-state index in [1.807, 2.05) is 0 Å². The first-order valence-corrected chi connectivity index (χ1v) is 7.75. The maximum absolute atomic E-state index is 10.0. The molecule has 0 spiro atoms. The number of hydrogen-bond acceptors (Lipinski definition) is 2. The molecular formula is C15H29NO. The molecule has 2 aliphatic carbocycles. The molecule has 2 N–H and O–H groups in total. The first-order chi connectivity index (χ1) is 8.31. The van der Waals surface area contributed by atoms with Gasteiger partial charge in [-0.05, 0) is 38.0 Å². The van der Waals surface area contributed by atoms with Crippen LogP contribution in [0, 0.1) is 5.92 Å². The predicted octanol–water partition coefficient (Wildman–Crippen LogP) is 3.24. The molecule has 0 heterocycles.